The standard InChI is InChI=1S/C20H24O3/c1-3-4-5-19(22)16-9-6-15(7-10-16)8-11-17-12-13-18(21)14-20(17)23-2/h6-7,9-10,12-14,21H,3-5,8,11H2,1-2H3. The molecule has 3 nitrogen and oxygen atoms in total. The van der Waals surface area contributed by atoms with E-state index < -0.39 is 0 Å². The molecule has 0 saturated carbocycles. The molecule has 0 spiro atoms. The van der Waals surface area contributed by atoms with Crippen LogP contribution < -0.4 is 4.74 Å². The van der Waals surface area contributed by atoms with E-state index in [4.69, 9.17) is 4.74 Å². The summed E-state index contributed by atoms with van der Waals surface area (Å²) in [6, 6.07) is 13.1. The molecule has 0 fully saturated rings. The van der Waals surface area contributed by atoms with Crippen molar-refractivity contribution < 1.29 is 14.6 Å². The van der Waals surface area contributed by atoms with Crippen LogP contribution in [0.25, 0.3) is 0 Å². The number of hydrogen-bond acceptors (Lipinski definition) is 3. The molecular formula is C20H24O3. The zero-order valence-electron chi connectivity index (χ0n) is 13.8. The SMILES string of the molecule is CCCCC(=O)c1ccc(CCc2ccc(O)cc2OC)cc1. The van der Waals surface area contributed by atoms with Gasteiger partial charge in [-0.05, 0) is 36.5 Å². The van der Waals surface area contributed by atoms with Crippen molar-refractivity contribution in [1.29, 1.82) is 0 Å². The van der Waals surface area contributed by atoms with Crippen molar-refractivity contribution in [2.75, 3.05) is 7.11 Å². The maximum atomic E-state index is 12.0. The largest absolute Gasteiger partial charge is 0.508 e. The van der Waals surface area contributed by atoms with Gasteiger partial charge in [0.15, 0.2) is 5.78 Å². The van der Waals surface area contributed by atoms with E-state index in [1.807, 2.05) is 30.3 Å². The highest BCUT2D eigenvalue weighted by atomic mass is 16.5. The highest BCUT2D eigenvalue weighted by Gasteiger charge is 2.07. The molecular weight excluding hydrogens is 288 g/mol. The lowest BCUT2D eigenvalue weighted by atomic mass is 10.00. The first-order chi connectivity index (χ1) is 11.1. The van der Waals surface area contributed by atoms with Crippen LogP contribution in [-0.4, -0.2) is 18.0 Å². The van der Waals surface area contributed by atoms with E-state index in [1.54, 1.807) is 19.2 Å². The lowest BCUT2D eigenvalue weighted by Gasteiger charge is -2.09. The molecule has 3 heteroatoms. The van der Waals surface area contributed by atoms with Gasteiger partial charge in [-0.25, -0.2) is 0 Å². The molecule has 0 aromatic heterocycles. The summed E-state index contributed by atoms with van der Waals surface area (Å²) in [5, 5.41) is 9.49. The summed E-state index contributed by atoms with van der Waals surface area (Å²) in [4.78, 5) is 12.0. The van der Waals surface area contributed by atoms with Gasteiger partial charge in [-0.15, -0.1) is 0 Å². The fourth-order valence-electron chi connectivity index (χ4n) is 2.56. The first-order valence-corrected chi connectivity index (χ1v) is 8.12. The second-order valence-corrected chi connectivity index (χ2v) is 5.72. The number of ether oxygens (including phenoxy) is 1. The van der Waals surface area contributed by atoms with Crippen molar-refractivity contribution in [1.82, 2.24) is 0 Å². The highest BCUT2D eigenvalue weighted by molar-refractivity contribution is 5.96. The van der Waals surface area contributed by atoms with Crippen LogP contribution in [0.3, 0.4) is 0 Å². The van der Waals surface area contributed by atoms with Gasteiger partial charge in [0.1, 0.15) is 11.5 Å². The predicted molar refractivity (Wildman–Crippen MR) is 92.4 cm³/mol. The molecule has 2 rings (SSSR count). The van der Waals surface area contributed by atoms with Crippen LogP contribution in [-0.2, 0) is 12.8 Å². The van der Waals surface area contributed by atoms with Crippen molar-refractivity contribution in [2.24, 2.45) is 0 Å². The quantitative estimate of drug-likeness (QED) is 0.727. The number of unbranched alkanes of at least 4 members (excludes halogenated alkanes) is 1. The van der Waals surface area contributed by atoms with Crippen LogP contribution >= 0.6 is 0 Å². The normalized spacial score (nSPS) is 10.5. The maximum absolute atomic E-state index is 12.0. The van der Waals surface area contributed by atoms with Crippen LogP contribution in [0.5, 0.6) is 11.5 Å². The van der Waals surface area contributed by atoms with Gasteiger partial charge in [-0.1, -0.05) is 43.7 Å². The molecule has 0 bridgehead atoms. The summed E-state index contributed by atoms with van der Waals surface area (Å²) in [5.41, 5.74) is 3.05. The molecule has 0 amide bonds. The van der Waals surface area contributed by atoms with Gasteiger partial charge in [-0.3, -0.25) is 4.79 Å². The zero-order chi connectivity index (χ0) is 16.7. The molecule has 23 heavy (non-hydrogen) atoms. The summed E-state index contributed by atoms with van der Waals surface area (Å²) >= 11 is 0. The summed E-state index contributed by atoms with van der Waals surface area (Å²) in [6.07, 6.45) is 4.30. The molecule has 2 aromatic rings. The molecule has 0 aliphatic rings. The lowest BCUT2D eigenvalue weighted by molar-refractivity contribution is 0.0980. The van der Waals surface area contributed by atoms with E-state index in [0.29, 0.717) is 12.2 Å². The van der Waals surface area contributed by atoms with Gasteiger partial charge in [0, 0.05) is 18.1 Å². The number of carbonyl (C=O) groups excluding carboxylic acids is 1. The van der Waals surface area contributed by atoms with Crippen molar-refractivity contribution in [3.05, 3.63) is 59.2 Å². The van der Waals surface area contributed by atoms with E-state index in [0.717, 1.165) is 36.8 Å². The number of phenolic OH excluding ortho intramolecular Hbond substituents is 1. The van der Waals surface area contributed by atoms with Crippen LogP contribution in [0.4, 0.5) is 0 Å². The average molecular weight is 312 g/mol. The van der Waals surface area contributed by atoms with Gasteiger partial charge in [-0.2, -0.15) is 0 Å². The lowest BCUT2D eigenvalue weighted by Crippen LogP contribution is -2.00. The van der Waals surface area contributed by atoms with Gasteiger partial charge in [0.2, 0.25) is 0 Å². The number of methoxy groups -OCH3 is 1. The molecule has 1 N–H and O–H groups in total. The van der Waals surface area contributed by atoms with Crippen LogP contribution in [0.2, 0.25) is 0 Å². The van der Waals surface area contributed by atoms with Crippen molar-refractivity contribution >= 4 is 5.78 Å². The van der Waals surface area contributed by atoms with Crippen LogP contribution in [0.1, 0.15) is 47.7 Å². The Labute approximate surface area is 137 Å². The summed E-state index contributed by atoms with van der Waals surface area (Å²) in [6.45, 7) is 2.09. The molecule has 0 radical (unpaired) electrons. The Morgan fingerprint density at radius 3 is 2.48 bits per heavy atom. The second kappa shape index (κ2) is 8.37. The minimum atomic E-state index is 0.209. The third-order valence-corrected chi connectivity index (χ3v) is 3.99. The van der Waals surface area contributed by atoms with Gasteiger partial charge >= 0.3 is 0 Å². The highest BCUT2D eigenvalue weighted by Crippen LogP contribution is 2.25. The average Bonchev–Trinajstić information content (AvgIpc) is 2.58. The van der Waals surface area contributed by atoms with Gasteiger partial charge < -0.3 is 9.84 Å². The van der Waals surface area contributed by atoms with Crippen molar-refractivity contribution in [3.63, 3.8) is 0 Å². The molecule has 122 valence electrons. The number of phenols is 1. The minimum Gasteiger partial charge on any atom is -0.508 e. The molecule has 0 aliphatic carbocycles. The number of aryl methyl sites for hydroxylation is 2. The van der Waals surface area contributed by atoms with E-state index in [1.165, 1.54) is 5.56 Å². The van der Waals surface area contributed by atoms with Crippen molar-refractivity contribution in [2.45, 2.75) is 39.0 Å². The van der Waals surface area contributed by atoms with Gasteiger partial charge in [0.25, 0.3) is 0 Å². The Bertz CT molecular complexity index is 644. The Kier molecular flexibility index (Phi) is 6.21. The third-order valence-electron chi connectivity index (χ3n) is 3.99. The maximum Gasteiger partial charge on any atom is 0.162 e. The Hall–Kier alpha value is -2.29. The number of Topliss-reactive ketones (excluding diaryl/α,β-unsaturated/α-hetero) is 1. The number of benzene rings is 2. The number of carbonyl (C=O) groups is 1. The first-order valence-electron chi connectivity index (χ1n) is 8.12. The summed E-state index contributed by atoms with van der Waals surface area (Å²) in [7, 11) is 1.61. The Morgan fingerprint density at radius 2 is 1.83 bits per heavy atom. The Balaban J connectivity index is 1.98. The van der Waals surface area contributed by atoms with E-state index in [2.05, 4.69) is 6.92 Å². The van der Waals surface area contributed by atoms with Gasteiger partial charge in [0.05, 0.1) is 7.11 Å². The fourth-order valence-corrected chi connectivity index (χ4v) is 2.56. The number of aromatic hydroxyl groups is 1. The molecule has 0 saturated heterocycles. The number of ketones is 1. The fraction of sp³-hybridized carbons (Fsp3) is 0.350. The minimum absolute atomic E-state index is 0.209. The Morgan fingerprint density at radius 1 is 1.09 bits per heavy atom. The zero-order valence-corrected chi connectivity index (χ0v) is 13.8. The first kappa shape index (κ1) is 17.1. The molecule has 0 aliphatic heterocycles. The van der Waals surface area contributed by atoms with Crippen LogP contribution in [0, 0.1) is 0 Å². The predicted octanol–water partition coefficient (Wildman–Crippen LogP) is 4.56. The molecule has 0 atom stereocenters. The smallest absolute Gasteiger partial charge is 0.162 e. The second-order valence-electron chi connectivity index (χ2n) is 5.72. The van der Waals surface area contributed by atoms with E-state index in [-0.39, 0.29) is 11.5 Å². The van der Waals surface area contributed by atoms with E-state index >= 15 is 0 Å². The monoisotopic (exact) mass is 312 g/mol. The van der Waals surface area contributed by atoms with E-state index in [9.17, 15) is 9.90 Å². The number of rotatable bonds is 8. The topological polar surface area (TPSA) is 46.5 Å². The molecule has 0 heterocycles. The third kappa shape index (κ3) is 4.85. The molecule has 0 unspecified atom stereocenters. The summed E-state index contributed by atoms with van der Waals surface area (Å²) < 4.78 is 5.30. The van der Waals surface area contributed by atoms with Crippen molar-refractivity contribution in [3.8, 4) is 11.5 Å². The number of hydrogen-bond donors (Lipinski definition) is 1. The molecule has 2 aromatic carbocycles. The summed E-state index contributed by atoms with van der Waals surface area (Å²) in [5.74, 6) is 1.13. The van der Waals surface area contributed by atoms with Crippen LogP contribution in [0.15, 0.2) is 42.5 Å².